The van der Waals surface area contributed by atoms with Crippen molar-refractivity contribution in [3.63, 3.8) is 0 Å². The molecule has 2 atom stereocenters. The van der Waals surface area contributed by atoms with Crippen LogP contribution >= 0.6 is 23.2 Å². The molecule has 4 heteroatoms. The molecule has 0 unspecified atom stereocenters. The van der Waals surface area contributed by atoms with E-state index in [1.807, 2.05) is 0 Å². The summed E-state index contributed by atoms with van der Waals surface area (Å²) in [5.41, 5.74) is -0.683. The molecule has 12 heavy (non-hydrogen) atoms. The summed E-state index contributed by atoms with van der Waals surface area (Å²) in [4.78, 5) is 11.3. The Kier molecular flexibility index (Phi) is 1.62. The average molecular weight is 205 g/mol. The molecule has 2 bridgehead atoms. The summed E-state index contributed by atoms with van der Waals surface area (Å²) >= 11 is 11.6. The van der Waals surface area contributed by atoms with E-state index in [-0.39, 0.29) is 15.8 Å². The number of carbonyl (C=O) groups excluding carboxylic acids is 1. The fourth-order valence-corrected chi connectivity index (χ4v) is 1.83. The Morgan fingerprint density at radius 3 is 2.92 bits per heavy atom. The number of rotatable bonds is 0. The number of ether oxygens (including phenoxy) is 1. The van der Waals surface area contributed by atoms with Gasteiger partial charge in [-0.1, -0.05) is 23.2 Å². The lowest BCUT2D eigenvalue weighted by molar-refractivity contribution is -0.128. The van der Waals surface area contributed by atoms with Crippen LogP contribution in [0, 0.1) is 0 Å². The zero-order valence-electron chi connectivity index (χ0n) is 6.30. The van der Waals surface area contributed by atoms with Crippen molar-refractivity contribution >= 4 is 29.0 Å². The Labute approximate surface area is 79.8 Å². The van der Waals surface area contributed by atoms with Crippen LogP contribution in [0.5, 0.6) is 0 Å². The fourth-order valence-electron chi connectivity index (χ4n) is 1.33. The second-order valence-corrected chi connectivity index (χ2v) is 3.75. The topological polar surface area (TPSA) is 26.3 Å². The minimum Gasteiger partial charge on any atom is -0.350 e. The second-order valence-electron chi connectivity index (χ2n) is 3.00. The third-order valence-corrected chi connectivity index (χ3v) is 3.10. The van der Waals surface area contributed by atoms with Crippen LogP contribution in [0.4, 0.5) is 0 Å². The summed E-state index contributed by atoms with van der Waals surface area (Å²) in [5.74, 6) is -0.257. The Morgan fingerprint density at radius 2 is 2.25 bits per heavy atom. The predicted octanol–water partition coefficient (Wildman–Crippen LogP) is 1.97. The van der Waals surface area contributed by atoms with E-state index in [1.165, 1.54) is 0 Å². The lowest BCUT2D eigenvalue weighted by Gasteiger charge is -2.28. The normalized spacial score (nSPS) is 39.6. The molecule has 0 spiro atoms. The molecule has 0 fully saturated rings. The predicted molar refractivity (Wildman–Crippen MR) is 46.2 cm³/mol. The van der Waals surface area contributed by atoms with Crippen LogP contribution < -0.4 is 0 Å². The van der Waals surface area contributed by atoms with E-state index in [4.69, 9.17) is 27.9 Å². The van der Waals surface area contributed by atoms with Gasteiger partial charge in [0.25, 0.3) is 0 Å². The van der Waals surface area contributed by atoms with Gasteiger partial charge in [0.15, 0.2) is 0 Å². The first-order chi connectivity index (χ1) is 5.54. The van der Waals surface area contributed by atoms with Crippen LogP contribution in [0.15, 0.2) is 22.2 Å². The molecule has 0 aliphatic carbocycles. The van der Waals surface area contributed by atoms with Crippen LogP contribution in [0.3, 0.4) is 0 Å². The molecule has 2 rings (SSSR count). The molecule has 2 aliphatic rings. The highest BCUT2D eigenvalue weighted by Gasteiger charge is 2.44. The number of halogens is 2. The summed E-state index contributed by atoms with van der Waals surface area (Å²) in [6, 6.07) is 0. The first kappa shape index (κ1) is 8.30. The van der Waals surface area contributed by atoms with Crippen molar-refractivity contribution in [2.75, 3.05) is 0 Å². The van der Waals surface area contributed by atoms with Gasteiger partial charge < -0.3 is 4.74 Å². The number of fused-ring (bicyclic) bond motifs is 2. The first-order valence-electron chi connectivity index (χ1n) is 3.52. The second kappa shape index (κ2) is 2.34. The third kappa shape index (κ3) is 0.889. The van der Waals surface area contributed by atoms with Crippen molar-refractivity contribution in [1.29, 1.82) is 0 Å². The van der Waals surface area contributed by atoms with Crippen molar-refractivity contribution < 1.29 is 9.53 Å². The highest BCUT2D eigenvalue weighted by Crippen LogP contribution is 2.41. The first-order valence-corrected chi connectivity index (χ1v) is 4.27. The van der Waals surface area contributed by atoms with Gasteiger partial charge in [0, 0.05) is 0 Å². The molecule has 0 aromatic rings. The van der Waals surface area contributed by atoms with Gasteiger partial charge in [-0.15, -0.1) is 0 Å². The molecule has 0 N–H and O–H groups in total. The molecule has 0 saturated heterocycles. The number of Topliss-reactive ketones (excluding diaryl/α,β-unsaturated/α-hetero) is 1. The van der Waals surface area contributed by atoms with Crippen LogP contribution in [0.1, 0.15) is 6.92 Å². The molecule has 0 radical (unpaired) electrons. The summed E-state index contributed by atoms with van der Waals surface area (Å²) in [6.07, 6.45) is 2.90. The Bertz CT molecular complexity index is 319. The van der Waals surface area contributed by atoms with Crippen molar-refractivity contribution in [2.24, 2.45) is 0 Å². The van der Waals surface area contributed by atoms with Crippen LogP contribution in [-0.4, -0.2) is 17.5 Å². The summed E-state index contributed by atoms with van der Waals surface area (Å²) < 4.78 is 5.34. The highest BCUT2D eigenvalue weighted by atomic mass is 35.5. The minimum absolute atomic E-state index is 0.0976. The molecule has 2 heterocycles. The van der Waals surface area contributed by atoms with Gasteiger partial charge in [0.05, 0.1) is 5.03 Å². The quantitative estimate of drug-likeness (QED) is 0.565. The van der Waals surface area contributed by atoms with Gasteiger partial charge in [-0.3, -0.25) is 4.79 Å². The zero-order chi connectivity index (χ0) is 8.93. The largest absolute Gasteiger partial charge is 0.350 e. The van der Waals surface area contributed by atoms with E-state index in [2.05, 4.69) is 0 Å². The van der Waals surface area contributed by atoms with E-state index < -0.39 is 11.7 Å². The van der Waals surface area contributed by atoms with Crippen LogP contribution in [0.25, 0.3) is 0 Å². The van der Waals surface area contributed by atoms with E-state index in [0.29, 0.717) is 0 Å². The van der Waals surface area contributed by atoms with Gasteiger partial charge in [-0.05, 0) is 19.1 Å². The Hall–Kier alpha value is -0.310. The van der Waals surface area contributed by atoms with Crippen molar-refractivity contribution in [3.8, 4) is 0 Å². The van der Waals surface area contributed by atoms with E-state index >= 15 is 0 Å². The lowest BCUT2D eigenvalue weighted by atomic mass is 10.1. The molecule has 2 aliphatic heterocycles. The third-order valence-electron chi connectivity index (χ3n) is 2.06. The van der Waals surface area contributed by atoms with Crippen molar-refractivity contribution in [1.82, 2.24) is 0 Å². The standard InChI is InChI=1S/C8H6Cl2O2/c1-8-3-2-4(12-8)6(11)5(9)7(8)10/h2-4H,1H3/t4-,8-/m1/s1. The maximum absolute atomic E-state index is 11.3. The molecular formula is C8H6Cl2O2. The van der Waals surface area contributed by atoms with Crippen molar-refractivity contribution in [2.45, 2.75) is 18.6 Å². The summed E-state index contributed by atoms with van der Waals surface area (Å²) in [5, 5.41) is 0.375. The molecule has 64 valence electrons. The fraction of sp³-hybridized carbons (Fsp3) is 0.375. The van der Waals surface area contributed by atoms with E-state index in [1.54, 1.807) is 19.1 Å². The number of carbonyl (C=O) groups is 1. The summed E-state index contributed by atoms with van der Waals surface area (Å²) in [6.45, 7) is 1.78. The molecule has 0 saturated carbocycles. The SMILES string of the molecule is C[C@]12C=C[C@@H](O1)C(=O)C(Cl)=C2Cl. The van der Waals surface area contributed by atoms with Gasteiger partial charge in [-0.2, -0.15) is 0 Å². The minimum atomic E-state index is -0.683. The number of hydrogen-bond acceptors (Lipinski definition) is 2. The summed E-state index contributed by atoms with van der Waals surface area (Å²) in [7, 11) is 0. The van der Waals surface area contributed by atoms with E-state index in [9.17, 15) is 4.79 Å². The van der Waals surface area contributed by atoms with Gasteiger partial charge in [-0.25, -0.2) is 0 Å². The smallest absolute Gasteiger partial charge is 0.208 e. The molecule has 0 aromatic carbocycles. The Balaban J connectivity index is 2.58. The van der Waals surface area contributed by atoms with Crippen LogP contribution in [-0.2, 0) is 9.53 Å². The number of hydrogen-bond donors (Lipinski definition) is 0. The maximum atomic E-state index is 11.3. The monoisotopic (exact) mass is 204 g/mol. The number of ketones is 1. The molecular weight excluding hydrogens is 199 g/mol. The molecule has 0 aromatic heterocycles. The average Bonchev–Trinajstić information content (AvgIpc) is 2.41. The van der Waals surface area contributed by atoms with Gasteiger partial charge in [0.2, 0.25) is 5.78 Å². The van der Waals surface area contributed by atoms with E-state index in [0.717, 1.165) is 0 Å². The van der Waals surface area contributed by atoms with Gasteiger partial charge in [0.1, 0.15) is 16.7 Å². The Morgan fingerprint density at radius 1 is 1.58 bits per heavy atom. The molecule has 2 nitrogen and oxygen atoms in total. The van der Waals surface area contributed by atoms with Crippen LogP contribution in [0.2, 0.25) is 0 Å². The zero-order valence-corrected chi connectivity index (χ0v) is 7.82. The van der Waals surface area contributed by atoms with Crippen molar-refractivity contribution in [3.05, 3.63) is 22.2 Å². The highest BCUT2D eigenvalue weighted by molar-refractivity contribution is 6.50. The molecule has 0 amide bonds. The van der Waals surface area contributed by atoms with Gasteiger partial charge >= 0.3 is 0 Å². The maximum Gasteiger partial charge on any atom is 0.208 e. The lowest BCUT2D eigenvalue weighted by Crippen LogP contribution is -2.36.